The fourth-order valence-electron chi connectivity index (χ4n) is 3.50. The molecule has 0 spiro atoms. The predicted molar refractivity (Wildman–Crippen MR) is 111 cm³/mol. The van der Waals surface area contributed by atoms with Crippen LogP contribution in [0, 0.1) is 0 Å². The molecule has 3 nitrogen and oxygen atoms in total. The van der Waals surface area contributed by atoms with Crippen molar-refractivity contribution in [1.29, 1.82) is 0 Å². The number of para-hydroxylation sites is 1. The Morgan fingerprint density at radius 2 is 1.57 bits per heavy atom. The summed E-state index contributed by atoms with van der Waals surface area (Å²) in [7, 11) is 0. The minimum Gasteiger partial charge on any atom is -0.366 e. The number of hydrogen-bond acceptors (Lipinski definition) is 2. The number of primary amides is 1. The van der Waals surface area contributed by atoms with E-state index in [4.69, 9.17) is 17.3 Å². The van der Waals surface area contributed by atoms with E-state index >= 15 is 0 Å². The Morgan fingerprint density at radius 3 is 2.20 bits per heavy atom. The molecular formula is C23H14ClF3N2O. The van der Waals surface area contributed by atoms with Gasteiger partial charge < -0.3 is 5.73 Å². The summed E-state index contributed by atoms with van der Waals surface area (Å²) < 4.78 is 41.3. The van der Waals surface area contributed by atoms with Crippen molar-refractivity contribution in [3.8, 4) is 22.4 Å². The van der Waals surface area contributed by atoms with Crippen LogP contribution in [0.2, 0.25) is 5.02 Å². The molecule has 0 saturated heterocycles. The largest absolute Gasteiger partial charge is 0.418 e. The van der Waals surface area contributed by atoms with E-state index in [0.717, 1.165) is 6.07 Å². The zero-order valence-electron chi connectivity index (χ0n) is 15.4. The van der Waals surface area contributed by atoms with Crippen LogP contribution in [0.15, 0.2) is 72.8 Å². The molecule has 3 aromatic carbocycles. The predicted octanol–water partition coefficient (Wildman–Crippen LogP) is 6.34. The number of alkyl halides is 3. The highest BCUT2D eigenvalue weighted by molar-refractivity contribution is 6.31. The second kappa shape index (κ2) is 7.46. The van der Waals surface area contributed by atoms with E-state index in [2.05, 4.69) is 4.98 Å². The van der Waals surface area contributed by atoms with Crippen molar-refractivity contribution < 1.29 is 18.0 Å². The van der Waals surface area contributed by atoms with Gasteiger partial charge in [-0.1, -0.05) is 66.2 Å². The number of hydrogen-bond donors (Lipinski definition) is 1. The van der Waals surface area contributed by atoms with Crippen molar-refractivity contribution in [1.82, 2.24) is 4.98 Å². The minimum atomic E-state index is -4.62. The number of carbonyl (C=O) groups is 1. The number of carbonyl (C=O) groups excluding carboxylic acids is 1. The molecule has 0 fully saturated rings. The minimum absolute atomic E-state index is 0.0373. The lowest BCUT2D eigenvalue weighted by Crippen LogP contribution is -2.16. The van der Waals surface area contributed by atoms with Gasteiger partial charge in [0.05, 0.1) is 22.3 Å². The zero-order valence-corrected chi connectivity index (χ0v) is 16.1. The fourth-order valence-corrected chi connectivity index (χ4v) is 3.69. The van der Waals surface area contributed by atoms with E-state index in [1.54, 1.807) is 48.5 Å². The molecule has 0 atom stereocenters. The molecular weight excluding hydrogens is 413 g/mol. The summed E-state index contributed by atoms with van der Waals surface area (Å²) in [6.45, 7) is 0. The molecule has 0 bridgehead atoms. The average Bonchev–Trinajstić information content (AvgIpc) is 2.71. The molecule has 4 aromatic rings. The van der Waals surface area contributed by atoms with Crippen LogP contribution in [0.25, 0.3) is 33.3 Å². The van der Waals surface area contributed by atoms with Crippen molar-refractivity contribution in [2.45, 2.75) is 6.18 Å². The number of amides is 1. The van der Waals surface area contributed by atoms with Gasteiger partial charge in [0.2, 0.25) is 0 Å². The number of fused-ring (bicyclic) bond motifs is 1. The van der Waals surface area contributed by atoms with E-state index in [1.807, 2.05) is 0 Å². The Labute approximate surface area is 174 Å². The Kier molecular flexibility index (Phi) is 4.95. The lowest BCUT2D eigenvalue weighted by atomic mass is 9.90. The molecule has 0 unspecified atom stereocenters. The molecule has 150 valence electrons. The highest BCUT2D eigenvalue weighted by Crippen LogP contribution is 2.41. The number of pyridine rings is 1. The summed E-state index contributed by atoms with van der Waals surface area (Å²) in [4.78, 5) is 16.8. The highest BCUT2D eigenvalue weighted by atomic mass is 35.5. The van der Waals surface area contributed by atoms with Crippen LogP contribution in [-0.2, 0) is 6.18 Å². The smallest absolute Gasteiger partial charge is 0.366 e. The summed E-state index contributed by atoms with van der Waals surface area (Å²) in [6, 6.07) is 18.8. The standard InChI is InChI=1S/C23H14ClF3N2O/c24-15-9-4-8-14(12-15)20-19(22(28)30)18(13-6-2-1-3-7-13)16-10-5-11-17(21(16)29-20)23(25,26)27/h1-12H,(H2,28,30). The first-order valence-electron chi connectivity index (χ1n) is 8.92. The van der Waals surface area contributed by atoms with E-state index in [-0.39, 0.29) is 22.2 Å². The van der Waals surface area contributed by atoms with Crippen molar-refractivity contribution in [3.63, 3.8) is 0 Å². The third-order valence-electron chi connectivity index (χ3n) is 4.73. The van der Waals surface area contributed by atoms with Gasteiger partial charge in [-0.2, -0.15) is 13.2 Å². The average molecular weight is 427 g/mol. The van der Waals surface area contributed by atoms with Crippen LogP contribution >= 0.6 is 11.6 Å². The third kappa shape index (κ3) is 3.50. The fraction of sp³-hybridized carbons (Fsp3) is 0.0435. The summed E-state index contributed by atoms with van der Waals surface area (Å²) in [6.07, 6.45) is -4.62. The van der Waals surface area contributed by atoms with Gasteiger partial charge in [0, 0.05) is 21.5 Å². The lowest BCUT2D eigenvalue weighted by Gasteiger charge is -2.18. The van der Waals surface area contributed by atoms with E-state index in [9.17, 15) is 18.0 Å². The maximum absolute atomic E-state index is 13.8. The van der Waals surface area contributed by atoms with Crippen LogP contribution in [0.4, 0.5) is 13.2 Å². The number of nitrogens with zero attached hydrogens (tertiary/aromatic N) is 1. The maximum Gasteiger partial charge on any atom is 0.418 e. The van der Waals surface area contributed by atoms with Crippen LogP contribution in [-0.4, -0.2) is 10.9 Å². The van der Waals surface area contributed by atoms with E-state index in [1.165, 1.54) is 18.2 Å². The quantitative estimate of drug-likeness (QED) is 0.415. The molecule has 0 radical (unpaired) electrons. The maximum atomic E-state index is 13.8. The van der Waals surface area contributed by atoms with E-state index < -0.39 is 17.6 Å². The van der Waals surface area contributed by atoms with Gasteiger partial charge in [-0.25, -0.2) is 4.98 Å². The van der Waals surface area contributed by atoms with Gasteiger partial charge in [-0.3, -0.25) is 4.79 Å². The number of benzene rings is 3. The molecule has 0 aliphatic heterocycles. The van der Waals surface area contributed by atoms with Gasteiger partial charge in [0.25, 0.3) is 5.91 Å². The molecule has 0 aliphatic carbocycles. The number of halogens is 4. The molecule has 1 amide bonds. The number of aromatic nitrogens is 1. The Morgan fingerprint density at radius 1 is 0.900 bits per heavy atom. The van der Waals surface area contributed by atoms with Crippen molar-refractivity contribution in [2.24, 2.45) is 5.73 Å². The van der Waals surface area contributed by atoms with E-state index in [0.29, 0.717) is 21.7 Å². The molecule has 1 heterocycles. The summed E-state index contributed by atoms with van der Waals surface area (Å²) in [5.74, 6) is -0.796. The molecule has 0 aliphatic rings. The monoisotopic (exact) mass is 426 g/mol. The zero-order chi connectivity index (χ0) is 21.5. The Bertz CT molecular complexity index is 1270. The van der Waals surface area contributed by atoms with Crippen LogP contribution < -0.4 is 5.73 Å². The molecule has 4 rings (SSSR count). The van der Waals surface area contributed by atoms with Gasteiger partial charge in [0.1, 0.15) is 0 Å². The highest BCUT2D eigenvalue weighted by Gasteiger charge is 2.34. The summed E-state index contributed by atoms with van der Waals surface area (Å²) in [5, 5.41) is 0.547. The van der Waals surface area contributed by atoms with Crippen molar-refractivity contribution in [2.75, 3.05) is 0 Å². The third-order valence-corrected chi connectivity index (χ3v) is 4.96. The van der Waals surface area contributed by atoms with Crippen LogP contribution in [0.1, 0.15) is 15.9 Å². The first-order chi connectivity index (χ1) is 14.3. The molecule has 0 saturated carbocycles. The summed E-state index contributed by atoms with van der Waals surface area (Å²) >= 11 is 6.08. The van der Waals surface area contributed by atoms with Gasteiger partial charge in [-0.05, 0) is 23.8 Å². The Hall–Kier alpha value is -3.38. The van der Waals surface area contributed by atoms with Gasteiger partial charge in [-0.15, -0.1) is 0 Å². The summed E-state index contributed by atoms with van der Waals surface area (Å²) in [5.41, 5.74) is 5.90. The normalized spacial score (nSPS) is 11.6. The molecule has 30 heavy (non-hydrogen) atoms. The van der Waals surface area contributed by atoms with Crippen LogP contribution in [0.5, 0.6) is 0 Å². The number of rotatable bonds is 3. The lowest BCUT2D eigenvalue weighted by molar-refractivity contribution is -0.136. The van der Waals surface area contributed by atoms with Gasteiger partial charge >= 0.3 is 6.18 Å². The van der Waals surface area contributed by atoms with Crippen molar-refractivity contribution in [3.05, 3.63) is 88.9 Å². The topological polar surface area (TPSA) is 56.0 Å². The SMILES string of the molecule is NC(=O)c1c(-c2cccc(Cl)c2)nc2c(C(F)(F)F)cccc2c1-c1ccccc1. The second-order valence-electron chi connectivity index (χ2n) is 6.65. The number of nitrogens with two attached hydrogens (primary N) is 1. The first-order valence-corrected chi connectivity index (χ1v) is 9.30. The van der Waals surface area contributed by atoms with Crippen LogP contribution in [0.3, 0.4) is 0 Å². The second-order valence-corrected chi connectivity index (χ2v) is 7.09. The molecule has 2 N–H and O–H groups in total. The van der Waals surface area contributed by atoms with Crippen molar-refractivity contribution >= 4 is 28.4 Å². The molecule has 1 aromatic heterocycles. The first kappa shape index (κ1) is 19.9. The van der Waals surface area contributed by atoms with Gasteiger partial charge in [0.15, 0.2) is 0 Å². The molecule has 7 heteroatoms. The Balaban J connectivity index is 2.24.